The van der Waals surface area contributed by atoms with E-state index in [9.17, 15) is 9.90 Å². The summed E-state index contributed by atoms with van der Waals surface area (Å²) in [5.74, 6) is 1.07. The van der Waals surface area contributed by atoms with Gasteiger partial charge in [-0.25, -0.2) is 4.79 Å². The van der Waals surface area contributed by atoms with Gasteiger partial charge in [0.1, 0.15) is 5.82 Å². The van der Waals surface area contributed by atoms with Gasteiger partial charge in [-0.3, -0.25) is 10.00 Å². The van der Waals surface area contributed by atoms with Gasteiger partial charge in [0.25, 0.3) is 0 Å². The summed E-state index contributed by atoms with van der Waals surface area (Å²) in [5.41, 5.74) is 0.929. The van der Waals surface area contributed by atoms with Gasteiger partial charge in [-0.2, -0.15) is 5.10 Å². The van der Waals surface area contributed by atoms with Crippen LogP contribution in [0.5, 0.6) is 0 Å². The molecule has 1 heterocycles. The molecule has 0 fully saturated rings. The number of nitrogens with one attached hydrogen (secondary N) is 2. The van der Waals surface area contributed by atoms with Crippen molar-refractivity contribution in [1.29, 1.82) is 0 Å². The van der Waals surface area contributed by atoms with Gasteiger partial charge in [0.2, 0.25) is 0 Å². The van der Waals surface area contributed by atoms with Crippen molar-refractivity contribution in [3.8, 4) is 0 Å². The van der Waals surface area contributed by atoms with E-state index in [2.05, 4.69) is 29.6 Å². The van der Waals surface area contributed by atoms with Crippen LogP contribution in [0.3, 0.4) is 0 Å². The second kappa shape index (κ2) is 7.13. The Kier molecular flexibility index (Phi) is 5.82. The number of carbonyl (C=O) groups is 1. The zero-order valence-electron chi connectivity index (χ0n) is 12.1. The average molecular weight is 268 g/mol. The second-order valence-corrected chi connectivity index (χ2v) is 5.11. The predicted octanol–water partition coefficient (Wildman–Crippen LogP) is 1.51. The first-order valence-electron chi connectivity index (χ1n) is 6.67. The topological polar surface area (TPSA) is 79.2 Å². The third-order valence-electron chi connectivity index (χ3n) is 2.85. The zero-order chi connectivity index (χ0) is 14.4. The lowest BCUT2D eigenvalue weighted by molar-refractivity contribution is 0.214. The Hall–Kier alpha value is -1.56. The summed E-state index contributed by atoms with van der Waals surface area (Å²) >= 11 is 0. The number of nitrogens with zero attached hydrogens (tertiary/aromatic N) is 2. The number of aliphatic hydroxyl groups excluding tert-OH is 1. The Labute approximate surface area is 114 Å². The number of aryl methyl sites for hydroxylation is 2. The van der Waals surface area contributed by atoms with Crippen LogP contribution >= 0.6 is 0 Å². The minimum Gasteiger partial charge on any atom is -0.394 e. The molecule has 1 aromatic heterocycles. The number of urea groups is 1. The van der Waals surface area contributed by atoms with Crippen LogP contribution in [0.1, 0.15) is 32.9 Å². The van der Waals surface area contributed by atoms with E-state index < -0.39 is 0 Å². The van der Waals surface area contributed by atoms with E-state index in [0.717, 1.165) is 18.5 Å². The quantitative estimate of drug-likeness (QED) is 0.731. The molecule has 6 heteroatoms. The maximum Gasteiger partial charge on any atom is 0.320 e. The lowest BCUT2D eigenvalue weighted by Gasteiger charge is -2.18. The van der Waals surface area contributed by atoms with Crippen LogP contribution in [0.15, 0.2) is 6.07 Å². The Morgan fingerprint density at radius 2 is 2.21 bits per heavy atom. The van der Waals surface area contributed by atoms with Crippen molar-refractivity contribution in [2.45, 2.75) is 39.7 Å². The number of carbonyl (C=O) groups excluding carboxylic acids is 1. The van der Waals surface area contributed by atoms with Crippen molar-refractivity contribution < 1.29 is 9.90 Å². The van der Waals surface area contributed by atoms with Crippen LogP contribution in [0.2, 0.25) is 0 Å². The largest absolute Gasteiger partial charge is 0.394 e. The molecule has 0 bridgehead atoms. The number of amides is 2. The summed E-state index contributed by atoms with van der Waals surface area (Å²) < 4.78 is 1.63. The first kappa shape index (κ1) is 15.5. The first-order valence-corrected chi connectivity index (χ1v) is 6.67. The minimum atomic E-state index is -0.314. The van der Waals surface area contributed by atoms with Crippen LogP contribution in [-0.2, 0) is 13.5 Å². The molecular formula is C13H24N4O2. The van der Waals surface area contributed by atoms with Gasteiger partial charge in [-0.05, 0) is 18.8 Å². The minimum absolute atomic E-state index is 0.0583. The second-order valence-electron chi connectivity index (χ2n) is 5.11. The fourth-order valence-electron chi connectivity index (χ4n) is 1.90. The van der Waals surface area contributed by atoms with E-state index >= 15 is 0 Å². The lowest BCUT2D eigenvalue weighted by atomic mass is 10.0. The molecule has 1 unspecified atom stereocenters. The molecule has 1 rings (SSSR count). The smallest absolute Gasteiger partial charge is 0.320 e. The fourth-order valence-corrected chi connectivity index (χ4v) is 1.90. The summed E-state index contributed by atoms with van der Waals surface area (Å²) in [7, 11) is 1.78. The number of aliphatic hydroxyl groups is 1. The Bertz CT molecular complexity index is 415. The highest BCUT2D eigenvalue weighted by Gasteiger charge is 2.14. The molecule has 6 nitrogen and oxygen atoms in total. The number of hydrogen-bond acceptors (Lipinski definition) is 3. The van der Waals surface area contributed by atoms with Crippen molar-refractivity contribution >= 4 is 11.8 Å². The zero-order valence-corrected chi connectivity index (χ0v) is 12.1. The summed E-state index contributed by atoms with van der Waals surface area (Å²) in [6.07, 6.45) is 1.57. The van der Waals surface area contributed by atoms with Gasteiger partial charge in [0.15, 0.2) is 0 Å². The van der Waals surface area contributed by atoms with Crippen molar-refractivity contribution in [2.75, 3.05) is 11.9 Å². The molecule has 1 atom stereocenters. The third kappa shape index (κ3) is 4.90. The average Bonchev–Trinajstić information content (AvgIpc) is 2.68. The molecule has 3 N–H and O–H groups in total. The van der Waals surface area contributed by atoms with Gasteiger partial charge in [0, 0.05) is 13.1 Å². The van der Waals surface area contributed by atoms with E-state index in [1.165, 1.54) is 0 Å². The summed E-state index contributed by atoms with van der Waals surface area (Å²) in [6.45, 7) is 6.06. The van der Waals surface area contributed by atoms with Crippen molar-refractivity contribution in [3.05, 3.63) is 11.8 Å². The molecule has 108 valence electrons. The van der Waals surface area contributed by atoms with E-state index in [4.69, 9.17) is 0 Å². The van der Waals surface area contributed by atoms with Crippen molar-refractivity contribution in [3.63, 3.8) is 0 Å². The van der Waals surface area contributed by atoms with Crippen LogP contribution in [-0.4, -0.2) is 33.6 Å². The highest BCUT2D eigenvalue weighted by Crippen LogP contribution is 2.10. The standard InChI is InChI=1S/C13H24N4O2/c1-5-10-7-12(17(4)16-10)15-13(19)14-11(8-18)6-9(2)3/h7,9,11,18H,5-6,8H2,1-4H3,(H2,14,15,19). The van der Waals surface area contributed by atoms with Gasteiger partial charge < -0.3 is 10.4 Å². The summed E-state index contributed by atoms with van der Waals surface area (Å²) in [4.78, 5) is 11.8. The monoisotopic (exact) mass is 268 g/mol. The van der Waals surface area contributed by atoms with Gasteiger partial charge in [0.05, 0.1) is 18.3 Å². The molecule has 0 aliphatic heterocycles. The maximum absolute atomic E-state index is 11.8. The highest BCUT2D eigenvalue weighted by molar-refractivity contribution is 5.88. The third-order valence-corrected chi connectivity index (χ3v) is 2.85. The van der Waals surface area contributed by atoms with Crippen molar-refractivity contribution in [2.24, 2.45) is 13.0 Å². The molecule has 0 aromatic carbocycles. The van der Waals surface area contributed by atoms with Crippen molar-refractivity contribution in [1.82, 2.24) is 15.1 Å². The molecule has 0 aliphatic rings. The fraction of sp³-hybridized carbons (Fsp3) is 0.692. The predicted molar refractivity (Wildman–Crippen MR) is 75.1 cm³/mol. The van der Waals surface area contributed by atoms with Gasteiger partial charge in [-0.15, -0.1) is 0 Å². The molecular weight excluding hydrogens is 244 g/mol. The highest BCUT2D eigenvalue weighted by atomic mass is 16.3. The maximum atomic E-state index is 11.8. The normalized spacial score (nSPS) is 12.5. The molecule has 0 spiro atoms. The van der Waals surface area contributed by atoms with Crippen LogP contribution in [0.4, 0.5) is 10.6 Å². The molecule has 1 aromatic rings. The first-order chi connectivity index (χ1) is 8.96. The van der Waals surface area contributed by atoms with Gasteiger partial charge >= 0.3 is 6.03 Å². The number of rotatable bonds is 6. The number of aromatic nitrogens is 2. The van der Waals surface area contributed by atoms with Gasteiger partial charge in [-0.1, -0.05) is 20.8 Å². The van der Waals surface area contributed by atoms with Crippen LogP contribution < -0.4 is 10.6 Å². The Balaban J connectivity index is 2.56. The van der Waals surface area contributed by atoms with E-state index in [-0.39, 0.29) is 18.7 Å². The number of anilines is 1. The van der Waals surface area contributed by atoms with E-state index in [1.807, 2.05) is 13.0 Å². The van der Waals surface area contributed by atoms with Crippen LogP contribution in [0.25, 0.3) is 0 Å². The van der Waals surface area contributed by atoms with E-state index in [1.54, 1.807) is 11.7 Å². The summed E-state index contributed by atoms with van der Waals surface area (Å²) in [5, 5.41) is 19.0. The molecule has 19 heavy (non-hydrogen) atoms. The molecule has 0 saturated carbocycles. The molecule has 2 amide bonds. The Morgan fingerprint density at radius 1 is 1.53 bits per heavy atom. The Morgan fingerprint density at radius 3 is 2.68 bits per heavy atom. The molecule has 0 aliphatic carbocycles. The lowest BCUT2D eigenvalue weighted by Crippen LogP contribution is -2.41. The summed E-state index contributed by atoms with van der Waals surface area (Å²) in [6, 6.07) is 1.31. The van der Waals surface area contributed by atoms with Crippen LogP contribution in [0, 0.1) is 5.92 Å². The molecule has 0 saturated heterocycles. The molecule has 0 radical (unpaired) electrons. The van der Waals surface area contributed by atoms with E-state index in [0.29, 0.717) is 11.7 Å². The number of hydrogen-bond donors (Lipinski definition) is 3. The SMILES string of the molecule is CCc1cc(NC(=O)NC(CO)CC(C)C)n(C)n1.